The first-order valence-corrected chi connectivity index (χ1v) is 6.23. The first-order valence-electron chi connectivity index (χ1n) is 5.28. The molecule has 1 atom stereocenters. The smallest absolute Gasteiger partial charge is 0.222 e. The number of carbonyl (C=O) groups is 1. The van der Waals surface area contributed by atoms with E-state index >= 15 is 0 Å². The maximum atomic E-state index is 11.3. The average Bonchev–Trinajstić information content (AvgIpc) is 2.79. The van der Waals surface area contributed by atoms with Crippen LogP contribution in [-0.2, 0) is 9.53 Å². The Morgan fingerprint density at radius 3 is 3.12 bits per heavy atom. The molecule has 0 aliphatic heterocycles. The summed E-state index contributed by atoms with van der Waals surface area (Å²) in [5.74, 6) is -0.0947. The molecule has 0 saturated carbocycles. The van der Waals surface area contributed by atoms with Gasteiger partial charge < -0.3 is 15.2 Å². The second-order valence-electron chi connectivity index (χ2n) is 3.32. The maximum Gasteiger partial charge on any atom is 0.222 e. The van der Waals surface area contributed by atoms with Crippen LogP contribution in [0.1, 0.15) is 25.0 Å². The van der Waals surface area contributed by atoms with Crippen molar-refractivity contribution in [3.8, 4) is 0 Å². The van der Waals surface area contributed by atoms with Gasteiger partial charge in [0.2, 0.25) is 5.91 Å². The van der Waals surface area contributed by atoms with Crippen LogP contribution in [0.15, 0.2) is 16.8 Å². The Morgan fingerprint density at radius 2 is 2.50 bits per heavy atom. The summed E-state index contributed by atoms with van der Waals surface area (Å²) in [6, 6.07) is 1.85. The highest BCUT2D eigenvalue weighted by Gasteiger charge is 2.09. The molecule has 0 aliphatic carbocycles. The molecule has 0 bridgehead atoms. The van der Waals surface area contributed by atoms with Crippen molar-refractivity contribution in [2.75, 3.05) is 19.8 Å². The molecule has 1 heterocycles. The van der Waals surface area contributed by atoms with Crippen LogP contribution in [0.3, 0.4) is 0 Å². The summed E-state index contributed by atoms with van der Waals surface area (Å²) in [4.78, 5) is 11.3. The van der Waals surface area contributed by atoms with Gasteiger partial charge in [-0.15, -0.1) is 0 Å². The van der Waals surface area contributed by atoms with Gasteiger partial charge in [0.25, 0.3) is 0 Å². The number of ether oxygens (including phenoxy) is 1. The van der Waals surface area contributed by atoms with Gasteiger partial charge in [0.1, 0.15) is 0 Å². The number of hydrogen-bond acceptors (Lipinski definition) is 4. The molecule has 1 aromatic heterocycles. The molecule has 90 valence electrons. The van der Waals surface area contributed by atoms with E-state index in [-0.39, 0.29) is 12.5 Å². The summed E-state index contributed by atoms with van der Waals surface area (Å²) in [6.45, 7) is 3.18. The van der Waals surface area contributed by atoms with Gasteiger partial charge in [-0.25, -0.2) is 0 Å². The minimum Gasteiger partial charge on any atom is -0.387 e. The van der Waals surface area contributed by atoms with Crippen molar-refractivity contribution in [1.29, 1.82) is 0 Å². The van der Waals surface area contributed by atoms with Crippen molar-refractivity contribution in [2.45, 2.75) is 19.4 Å². The van der Waals surface area contributed by atoms with Gasteiger partial charge >= 0.3 is 0 Å². The van der Waals surface area contributed by atoms with Gasteiger partial charge in [-0.3, -0.25) is 4.79 Å². The van der Waals surface area contributed by atoms with Crippen LogP contribution >= 0.6 is 11.3 Å². The minimum absolute atomic E-state index is 0.0947. The summed E-state index contributed by atoms with van der Waals surface area (Å²) in [5.41, 5.74) is 0.843. The van der Waals surface area contributed by atoms with Crippen molar-refractivity contribution < 1.29 is 14.6 Å². The van der Waals surface area contributed by atoms with Crippen LogP contribution in [0, 0.1) is 0 Å². The minimum atomic E-state index is -0.623. The standard InChI is InChI=1S/C11H17NO3S/c1-2-15-5-3-11(14)12-7-10(13)9-4-6-16-8-9/h4,6,8,10,13H,2-3,5,7H2,1H3,(H,12,14). The number of carbonyl (C=O) groups excluding carboxylic acids is 1. The molecule has 0 fully saturated rings. The highest BCUT2D eigenvalue weighted by atomic mass is 32.1. The van der Waals surface area contributed by atoms with E-state index in [1.165, 1.54) is 11.3 Å². The van der Waals surface area contributed by atoms with Crippen molar-refractivity contribution >= 4 is 17.2 Å². The van der Waals surface area contributed by atoms with E-state index in [0.29, 0.717) is 19.6 Å². The third-order valence-corrected chi connectivity index (χ3v) is 2.80. The number of amides is 1. The fourth-order valence-corrected chi connectivity index (χ4v) is 1.90. The van der Waals surface area contributed by atoms with Gasteiger partial charge in [0.05, 0.1) is 12.7 Å². The first-order chi connectivity index (χ1) is 7.74. The molecule has 0 aliphatic rings. The second-order valence-corrected chi connectivity index (χ2v) is 4.10. The van der Waals surface area contributed by atoms with Crippen molar-refractivity contribution in [3.05, 3.63) is 22.4 Å². The number of nitrogens with one attached hydrogen (secondary N) is 1. The fourth-order valence-electron chi connectivity index (χ4n) is 1.19. The summed E-state index contributed by atoms with van der Waals surface area (Å²) in [6.07, 6.45) is -0.285. The number of rotatable bonds is 7. The Hall–Kier alpha value is -0.910. The van der Waals surface area contributed by atoms with Gasteiger partial charge in [0.15, 0.2) is 0 Å². The zero-order valence-electron chi connectivity index (χ0n) is 9.31. The molecule has 2 N–H and O–H groups in total. The van der Waals surface area contributed by atoms with E-state index in [4.69, 9.17) is 4.74 Å². The van der Waals surface area contributed by atoms with Crippen molar-refractivity contribution in [3.63, 3.8) is 0 Å². The van der Waals surface area contributed by atoms with Gasteiger partial charge in [-0.1, -0.05) is 0 Å². The molecule has 0 saturated heterocycles. The van der Waals surface area contributed by atoms with E-state index in [1.807, 2.05) is 23.8 Å². The summed E-state index contributed by atoms with van der Waals surface area (Å²) in [7, 11) is 0. The Kier molecular flexibility index (Phi) is 6.07. The molecule has 1 rings (SSSR count). The predicted octanol–water partition coefficient (Wildman–Crippen LogP) is 1.32. The molecule has 0 spiro atoms. The van der Waals surface area contributed by atoms with E-state index in [1.54, 1.807) is 0 Å². The van der Waals surface area contributed by atoms with E-state index in [0.717, 1.165) is 5.56 Å². The lowest BCUT2D eigenvalue weighted by Gasteiger charge is -2.10. The number of thiophene rings is 1. The Balaban J connectivity index is 2.16. The molecule has 4 nitrogen and oxygen atoms in total. The lowest BCUT2D eigenvalue weighted by atomic mass is 10.2. The van der Waals surface area contributed by atoms with Crippen LogP contribution in [0.5, 0.6) is 0 Å². The van der Waals surface area contributed by atoms with Crippen molar-refractivity contribution in [1.82, 2.24) is 5.32 Å². The summed E-state index contributed by atoms with van der Waals surface area (Å²) < 4.78 is 5.06. The molecule has 0 aromatic carbocycles. The zero-order valence-corrected chi connectivity index (χ0v) is 10.1. The van der Waals surface area contributed by atoms with Crippen LogP contribution in [0.25, 0.3) is 0 Å². The Morgan fingerprint density at radius 1 is 1.69 bits per heavy atom. The average molecular weight is 243 g/mol. The monoisotopic (exact) mass is 243 g/mol. The zero-order chi connectivity index (χ0) is 11.8. The second kappa shape index (κ2) is 7.38. The van der Waals surface area contributed by atoms with E-state index in [2.05, 4.69) is 5.32 Å². The van der Waals surface area contributed by atoms with Gasteiger partial charge in [-0.2, -0.15) is 11.3 Å². The van der Waals surface area contributed by atoms with Crippen LogP contribution < -0.4 is 5.32 Å². The predicted molar refractivity (Wildman–Crippen MR) is 63.4 cm³/mol. The van der Waals surface area contributed by atoms with Crippen LogP contribution in [0.2, 0.25) is 0 Å². The van der Waals surface area contributed by atoms with Gasteiger partial charge in [-0.05, 0) is 29.3 Å². The molecule has 0 radical (unpaired) electrons. The summed E-state index contributed by atoms with van der Waals surface area (Å²) >= 11 is 1.53. The van der Waals surface area contributed by atoms with Crippen LogP contribution in [-0.4, -0.2) is 30.8 Å². The number of hydrogen-bond donors (Lipinski definition) is 2. The van der Waals surface area contributed by atoms with Gasteiger partial charge in [0, 0.05) is 19.6 Å². The highest BCUT2D eigenvalue weighted by molar-refractivity contribution is 7.07. The SMILES string of the molecule is CCOCCC(=O)NCC(O)c1ccsc1. The topological polar surface area (TPSA) is 58.6 Å². The van der Waals surface area contributed by atoms with Crippen LogP contribution in [0.4, 0.5) is 0 Å². The normalized spacial score (nSPS) is 12.4. The first kappa shape index (κ1) is 13.2. The highest BCUT2D eigenvalue weighted by Crippen LogP contribution is 2.14. The lowest BCUT2D eigenvalue weighted by Crippen LogP contribution is -2.28. The number of aliphatic hydroxyl groups excluding tert-OH is 1. The fraction of sp³-hybridized carbons (Fsp3) is 0.545. The molecule has 1 aromatic rings. The molecule has 1 unspecified atom stereocenters. The third kappa shape index (κ3) is 4.74. The van der Waals surface area contributed by atoms with E-state index in [9.17, 15) is 9.90 Å². The van der Waals surface area contributed by atoms with E-state index < -0.39 is 6.10 Å². The quantitative estimate of drug-likeness (QED) is 0.710. The number of aliphatic hydroxyl groups is 1. The largest absolute Gasteiger partial charge is 0.387 e. The Labute approximate surface area is 99.2 Å². The summed E-state index contributed by atoms with van der Waals surface area (Å²) in [5, 5.41) is 16.1. The molecule has 16 heavy (non-hydrogen) atoms. The molecular weight excluding hydrogens is 226 g/mol. The molecule has 5 heteroatoms. The Bertz CT molecular complexity index is 300. The lowest BCUT2D eigenvalue weighted by molar-refractivity contribution is -0.122. The maximum absolute atomic E-state index is 11.3. The molecular formula is C11H17NO3S. The third-order valence-electron chi connectivity index (χ3n) is 2.10. The molecule has 1 amide bonds. The van der Waals surface area contributed by atoms with Crippen molar-refractivity contribution in [2.24, 2.45) is 0 Å².